The van der Waals surface area contributed by atoms with Gasteiger partial charge in [0.25, 0.3) is 11.5 Å². The molecule has 0 aromatic carbocycles. The largest absolute Gasteiger partial charge is 0.481 e. The Morgan fingerprint density at radius 2 is 1.80 bits per heavy atom. The molecular formula is C28H45N3O3S. The fourth-order valence-electron chi connectivity index (χ4n) is 3.50. The molecule has 0 saturated carbocycles. The highest BCUT2D eigenvalue weighted by Crippen LogP contribution is 2.34. The molecular weight excluding hydrogens is 458 g/mol. The zero-order chi connectivity index (χ0) is 27.1. The fraction of sp³-hybridized carbons (Fsp3) is 0.536. The molecule has 0 bridgehead atoms. The van der Waals surface area contributed by atoms with Crippen LogP contribution in [0.25, 0.3) is 21.2 Å². The highest BCUT2D eigenvalue weighted by Gasteiger charge is 2.17. The molecule has 3 aromatic rings. The summed E-state index contributed by atoms with van der Waals surface area (Å²) in [6.07, 6.45) is 6.06. The molecule has 0 radical (unpaired) electrons. The van der Waals surface area contributed by atoms with E-state index in [2.05, 4.69) is 42.8 Å². The Hall–Kier alpha value is -2.51. The van der Waals surface area contributed by atoms with E-state index in [9.17, 15) is 4.79 Å². The Morgan fingerprint density at radius 3 is 2.31 bits per heavy atom. The summed E-state index contributed by atoms with van der Waals surface area (Å²) in [6.45, 7) is 19.8. The second kappa shape index (κ2) is 17.0. The molecule has 0 aliphatic carbocycles. The average molecular weight is 504 g/mol. The molecule has 0 unspecified atom stereocenters. The van der Waals surface area contributed by atoms with Gasteiger partial charge in [-0.3, -0.25) is 19.5 Å². The second-order valence-electron chi connectivity index (χ2n) is 7.85. The summed E-state index contributed by atoms with van der Waals surface area (Å²) in [6, 6.07) is 6.75. The van der Waals surface area contributed by atoms with Gasteiger partial charge >= 0.3 is 0 Å². The maximum atomic E-state index is 12.7. The van der Waals surface area contributed by atoms with Gasteiger partial charge in [-0.05, 0) is 57.0 Å². The number of aliphatic carboxylic acids is 1. The number of pyridine rings is 2. The summed E-state index contributed by atoms with van der Waals surface area (Å²) in [5.41, 5.74) is 3.29. The molecule has 0 aliphatic heterocycles. The lowest BCUT2D eigenvalue weighted by molar-refractivity contribution is -0.134. The van der Waals surface area contributed by atoms with Gasteiger partial charge in [-0.15, -0.1) is 11.3 Å². The minimum Gasteiger partial charge on any atom is -0.481 e. The van der Waals surface area contributed by atoms with Crippen LogP contribution in [0.3, 0.4) is 0 Å². The van der Waals surface area contributed by atoms with Crippen LogP contribution in [0.1, 0.15) is 78.8 Å². The van der Waals surface area contributed by atoms with Crippen LogP contribution in [0.15, 0.2) is 35.4 Å². The predicted molar refractivity (Wildman–Crippen MR) is 151 cm³/mol. The first-order chi connectivity index (χ1) is 16.7. The Balaban J connectivity index is 0.00000129. The second-order valence-corrected chi connectivity index (χ2v) is 8.98. The van der Waals surface area contributed by atoms with E-state index >= 15 is 0 Å². The minimum absolute atomic E-state index is 0.0765. The number of thiophene rings is 1. The van der Waals surface area contributed by atoms with Crippen molar-refractivity contribution >= 4 is 27.4 Å². The third-order valence-electron chi connectivity index (χ3n) is 5.19. The van der Waals surface area contributed by atoms with Crippen LogP contribution >= 0.6 is 11.3 Å². The van der Waals surface area contributed by atoms with Crippen molar-refractivity contribution in [2.75, 3.05) is 6.54 Å². The molecule has 3 heterocycles. The first kappa shape index (κ1) is 32.5. The molecule has 196 valence electrons. The lowest BCUT2D eigenvalue weighted by Gasteiger charge is -2.27. The number of carboxylic acids is 1. The van der Waals surface area contributed by atoms with Crippen molar-refractivity contribution in [2.45, 2.75) is 87.7 Å². The van der Waals surface area contributed by atoms with E-state index in [4.69, 9.17) is 9.90 Å². The number of carbonyl (C=O) groups is 1. The standard InChI is InChI=1S/C22H29N3OS.C2H4O2.2C2H6/c1-6-10-25(16(4)7-2)13-18-12-19-21(27-18)20(14-24(5)22(19)26)17-8-9-23-15(3)11-17;1-2(3)4;2*1-2/h8-9,11-12,14,16H,6-7,10,13H2,1-5H3;1H3,(H,3,4);2*1-2H3/t16-;;;/m1.../s1. The number of nitrogens with zero attached hydrogens (tertiary/aromatic N) is 3. The van der Waals surface area contributed by atoms with E-state index in [-0.39, 0.29) is 5.56 Å². The number of carboxylic acid groups (broad SMARTS) is 1. The van der Waals surface area contributed by atoms with Crippen LogP contribution in [0.5, 0.6) is 0 Å². The smallest absolute Gasteiger partial charge is 0.300 e. The SMILES string of the molecule is CC.CC.CC(=O)O.CCCN(Cc1cc2c(=O)n(C)cc(-c3ccnc(C)c3)c2s1)[C@H](C)CC. The molecule has 7 heteroatoms. The van der Waals surface area contributed by atoms with Gasteiger partial charge < -0.3 is 9.67 Å². The van der Waals surface area contributed by atoms with Crippen molar-refractivity contribution in [1.82, 2.24) is 14.5 Å². The van der Waals surface area contributed by atoms with Gasteiger partial charge in [0.15, 0.2) is 0 Å². The summed E-state index contributed by atoms with van der Waals surface area (Å²) in [5.74, 6) is -0.833. The van der Waals surface area contributed by atoms with Gasteiger partial charge in [-0.1, -0.05) is 41.5 Å². The van der Waals surface area contributed by atoms with Crippen LogP contribution in [0, 0.1) is 6.92 Å². The molecule has 0 spiro atoms. The zero-order valence-electron chi connectivity index (χ0n) is 23.3. The molecule has 0 saturated heterocycles. The lowest BCUT2D eigenvalue weighted by atomic mass is 10.1. The van der Waals surface area contributed by atoms with E-state index in [1.54, 1.807) is 15.9 Å². The lowest BCUT2D eigenvalue weighted by Crippen LogP contribution is -2.32. The highest BCUT2D eigenvalue weighted by molar-refractivity contribution is 7.19. The maximum absolute atomic E-state index is 12.7. The Bertz CT molecular complexity index is 1080. The van der Waals surface area contributed by atoms with E-state index < -0.39 is 5.97 Å². The van der Waals surface area contributed by atoms with E-state index in [1.165, 1.54) is 4.88 Å². The molecule has 6 nitrogen and oxygen atoms in total. The monoisotopic (exact) mass is 503 g/mol. The Kier molecular flexibility index (Phi) is 15.8. The van der Waals surface area contributed by atoms with Crippen molar-refractivity contribution in [3.8, 4) is 11.1 Å². The number of hydrogen-bond acceptors (Lipinski definition) is 5. The van der Waals surface area contributed by atoms with Gasteiger partial charge in [0.2, 0.25) is 0 Å². The van der Waals surface area contributed by atoms with Crippen LogP contribution in [0.4, 0.5) is 0 Å². The average Bonchev–Trinajstić information content (AvgIpc) is 3.27. The van der Waals surface area contributed by atoms with Crippen LogP contribution in [-0.2, 0) is 18.4 Å². The topological polar surface area (TPSA) is 75.4 Å². The molecule has 1 atom stereocenters. The van der Waals surface area contributed by atoms with Gasteiger partial charge in [0.05, 0.1) is 5.39 Å². The first-order valence-electron chi connectivity index (χ1n) is 12.7. The minimum atomic E-state index is -0.833. The predicted octanol–water partition coefficient (Wildman–Crippen LogP) is 7.12. The summed E-state index contributed by atoms with van der Waals surface area (Å²) in [5, 5.41) is 8.24. The molecule has 1 N–H and O–H groups in total. The third-order valence-corrected chi connectivity index (χ3v) is 6.35. The number of hydrogen-bond donors (Lipinski definition) is 1. The van der Waals surface area contributed by atoms with Crippen molar-refractivity contribution in [3.63, 3.8) is 0 Å². The van der Waals surface area contributed by atoms with Crippen molar-refractivity contribution in [3.05, 3.63) is 51.5 Å². The Morgan fingerprint density at radius 1 is 1.20 bits per heavy atom. The van der Waals surface area contributed by atoms with Crippen molar-refractivity contribution < 1.29 is 9.90 Å². The van der Waals surface area contributed by atoms with Gasteiger partial charge in [0.1, 0.15) is 0 Å². The maximum Gasteiger partial charge on any atom is 0.300 e. The molecule has 3 aromatic heterocycles. The first-order valence-corrected chi connectivity index (χ1v) is 13.5. The highest BCUT2D eigenvalue weighted by atomic mass is 32.1. The number of rotatable bonds is 7. The van der Waals surface area contributed by atoms with E-state index in [0.29, 0.717) is 6.04 Å². The van der Waals surface area contributed by atoms with E-state index in [0.717, 1.165) is 59.8 Å². The normalized spacial score (nSPS) is 10.9. The van der Waals surface area contributed by atoms with Gasteiger partial charge in [-0.2, -0.15) is 0 Å². The molecule has 0 fully saturated rings. The van der Waals surface area contributed by atoms with Gasteiger partial charge in [0, 0.05) is 59.8 Å². The summed E-state index contributed by atoms with van der Waals surface area (Å²) in [7, 11) is 1.83. The van der Waals surface area contributed by atoms with Gasteiger partial charge in [-0.25, -0.2) is 0 Å². The summed E-state index contributed by atoms with van der Waals surface area (Å²) >= 11 is 1.75. The molecule has 0 amide bonds. The molecule has 3 rings (SSSR count). The van der Waals surface area contributed by atoms with Crippen LogP contribution in [0.2, 0.25) is 0 Å². The molecule has 35 heavy (non-hydrogen) atoms. The number of fused-ring (bicyclic) bond motifs is 1. The van der Waals surface area contributed by atoms with Crippen molar-refractivity contribution in [1.29, 1.82) is 0 Å². The van der Waals surface area contributed by atoms with Crippen LogP contribution in [-0.4, -0.2) is 38.1 Å². The number of aryl methyl sites for hydroxylation is 2. The fourth-order valence-corrected chi connectivity index (χ4v) is 4.71. The zero-order valence-corrected chi connectivity index (χ0v) is 24.1. The molecule has 0 aliphatic rings. The number of aromatic nitrogens is 2. The third kappa shape index (κ3) is 9.94. The Labute approximate surface area is 215 Å². The quantitative estimate of drug-likeness (QED) is 0.371. The summed E-state index contributed by atoms with van der Waals surface area (Å²) in [4.78, 5) is 29.8. The van der Waals surface area contributed by atoms with Crippen molar-refractivity contribution in [2.24, 2.45) is 7.05 Å². The van der Waals surface area contributed by atoms with Crippen LogP contribution < -0.4 is 5.56 Å². The summed E-state index contributed by atoms with van der Waals surface area (Å²) < 4.78 is 2.78. The van der Waals surface area contributed by atoms with E-state index in [1.807, 2.05) is 60.1 Å².